The summed E-state index contributed by atoms with van der Waals surface area (Å²) in [4.78, 5) is 12.5. The fourth-order valence-corrected chi connectivity index (χ4v) is 3.00. The number of para-hydroxylation sites is 1. The van der Waals surface area contributed by atoms with Gasteiger partial charge in [0.2, 0.25) is 0 Å². The van der Waals surface area contributed by atoms with Crippen LogP contribution < -0.4 is 4.90 Å². The Labute approximate surface area is 145 Å². The Balaban J connectivity index is 2.77. The maximum Gasteiger partial charge on any atom is 0.416 e. The third-order valence-electron chi connectivity index (χ3n) is 2.62. The number of benzene rings is 2. The van der Waals surface area contributed by atoms with Crippen LogP contribution in [-0.4, -0.2) is 11.2 Å². The molecule has 0 bridgehead atoms. The van der Waals surface area contributed by atoms with E-state index in [1.54, 1.807) is 30.3 Å². The largest absolute Gasteiger partial charge is 0.464 e. The lowest BCUT2D eigenvalue weighted by atomic mass is 10.2. The third kappa shape index (κ3) is 3.03. The van der Waals surface area contributed by atoms with E-state index in [-0.39, 0.29) is 30.8 Å². The number of halogens is 5. The second kappa shape index (κ2) is 6.51. The number of carbonyl (C=O) groups is 1. The Morgan fingerprint density at radius 3 is 1.67 bits per heavy atom. The van der Waals surface area contributed by atoms with Crippen LogP contribution in [0.15, 0.2) is 30.3 Å². The number of hydrogen-bond donors (Lipinski definition) is 1. The summed E-state index contributed by atoms with van der Waals surface area (Å²) in [6.07, 6.45) is -1.29. The van der Waals surface area contributed by atoms with Crippen LogP contribution in [0.25, 0.3) is 0 Å². The van der Waals surface area contributed by atoms with Gasteiger partial charge in [0.05, 0.1) is 36.5 Å². The number of hydrogen-bond acceptors (Lipinski definition) is 1. The van der Waals surface area contributed by atoms with Gasteiger partial charge in [-0.2, -0.15) is 0 Å². The Hall–Kier alpha value is -0.840. The first-order chi connectivity index (χ1) is 9.86. The zero-order valence-corrected chi connectivity index (χ0v) is 13.9. The molecule has 110 valence electrons. The lowest BCUT2D eigenvalue weighted by Gasteiger charge is -2.23. The van der Waals surface area contributed by atoms with Gasteiger partial charge in [0.25, 0.3) is 0 Å². The van der Waals surface area contributed by atoms with Crippen molar-refractivity contribution in [3.8, 4) is 0 Å². The molecule has 2 rings (SSSR count). The van der Waals surface area contributed by atoms with Crippen LogP contribution in [-0.2, 0) is 0 Å². The SMILES string of the molecule is O=C(O)N(c1ccccc1)c1c(Cl)c(Cl)c(Cl)c(Cl)c1Cl. The third-order valence-corrected chi connectivity index (χ3v) is 4.87. The van der Waals surface area contributed by atoms with E-state index in [1.165, 1.54) is 0 Å². The van der Waals surface area contributed by atoms with Crippen LogP contribution in [0, 0.1) is 0 Å². The van der Waals surface area contributed by atoms with E-state index >= 15 is 0 Å². The molecule has 3 nitrogen and oxygen atoms in total. The van der Waals surface area contributed by atoms with Gasteiger partial charge in [-0.3, -0.25) is 0 Å². The van der Waals surface area contributed by atoms with Gasteiger partial charge in [-0.1, -0.05) is 76.2 Å². The second-order valence-corrected chi connectivity index (χ2v) is 5.76. The highest BCUT2D eigenvalue weighted by molar-refractivity contribution is 6.56. The van der Waals surface area contributed by atoms with Crippen molar-refractivity contribution >= 4 is 75.5 Å². The van der Waals surface area contributed by atoms with Crippen LogP contribution in [0.1, 0.15) is 0 Å². The summed E-state index contributed by atoms with van der Waals surface area (Å²) in [6.45, 7) is 0. The van der Waals surface area contributed by atoms with Gasteiger partial charge in [-0.15, -0.1) is 0 Å². The molecule has 0 heterocycles. The van der Waals surface area contributed by atoms with Crippen molar-refractivity contribution in [1.29, 1.82) is 0 Å². The van der Waals surface area contributed by atoms with Crippen LogP contribution >= 0.6 is 58.0 Å². The van der Waals surface area contributed by atoms with E-state index in [2.05, 4.69) is 0 Å². The summed E-state index contributed by atoms with van der Waals surface area (Å²) in [7, 11) is 0. The van der Waals surface area contributed by atoms with Gasteiger partial charge in [0, 0.05) is 0 Å². The molecule has 0 atom stereocenters. The highest BCUT2D eigenvalue weighted by Gasteiger charge is 2.28. The maximum absolute atomic E-state index is 11.6. The molecular weight excluding hydrogens is 379 g/mol. The molecule has 2 aromatic carbocycles. The molecule has 0 aliphatic carbocycles. The summed E-state index contributed by atoms with van der Waals surface area (Å²) < 4.78 is 0. The van der Waals surface area contributed by atoms with Crippen molar-refractivity contribution in [2.45, 2.75) is 0 Å². The van der Waals surface area contributed by atoms with E-state index in [9.17, 15) is 9.90 Å². The second-order valence-electron chi connectivity index (χ2n) is 3.87. The van der Waals surface area contributed by atoms with Gasteiger partial charge in [0.15, 0.2) is 0 Å². The molecule has 21 heavy (non-hydrogen) atoms. The number of amides is 1. The van der Waals surface area contributed by atoms with E-state index in [4.69, 9.17) is 58.0 Å². The quantitative estimate of drug-likeness (QED) is 0.458. The highest BCUT2D eigenvalue weighted by Crippen LogP contribution is 2.49. The normalized spacial score (nSPS) is 10.5. The van der Waals surface area contributed by atoms with E-state index in [0.717, 1.165) is 4.90 Å². The van der Waals surface area contributed by atoms with Crippen molar-refractivity contribution < 1.29 is 9.90 Å². The molecule has 2 aromatic rings. The van der Waals surface area contributed by atoms with Crippen molar-refractivity contribution in [2.24, 2.45) is 0 Å². The van der Waals surface area contributed by atoms with Crippen molar-refractivity contribution in [2.75, 3.05) is 4.90 Å². The topological polar surface area (TPSA) is 40.5 Å². The van der Waals surface area contributed by atoms with Crippen LogP contribution in [0.4, 0.5) is 16.2 Å². The first kappa shape index (κ1) is 16.5. The average molecular weight is 385 g/mol. The Kier molecular flexibility index (Phi) is 5.12. The van der Waals surface area contributed by atoms with Crippen molar-refractivity contribution in [1.82, 2.24) is 0 Å². The lowest BCUT2D eigenvalue weighted by Crippen LogP contribution is -2.24. The molecule has 0 radical (unpaired) electrons. The first-order valence-corrected chi connectivity index (χ1v) is 7.34. The van der Waals surface area contributed by atoms with Crippen LogP contribution in [0.2, 0.25) is 25.1 Å². The van der Waals surface area contributed by atoms with Crippen LogP contribution in [0.3, 0.4) is 0 Å². The van der Waals surface area contributed by atoms with E-state index in [0.29, 0.717) is 5.69 Å². The van der Waals surface area contributed by atoms with Gasteiger partial charge < -0.3 is 5.11 Å². The summed E-state index contributed by atoms with van der Waals surface area (Å²) in [5, 5.41) is 9.12. The van der Waals surface area contributed by atoms with E-state index in [1.807, 2.05) is 0 Å². The molecule has 0 spiro atoms. The van der Waals surface area contributed by atoms with E-state index < -0.39 is 6.09 Å². The van der Waals surface area contributed by atoms with Gasteiger partial charge >= 0.3 is 6.09 Å². The van der Waals surface area contributed by atoms with Crippen molar-refractivity contribution in [3.63, 3.8) is 0 Å². The molecule has 0 saturated heterocycles. The molecule has 1 amide bonds. The Morgan fingerprint density at radius 2 is 1.24 bits per heavy atom. The number of anilines is 2. The molecule has 8 heteroatoms. The first-order valence-electron chi connectivity index (χ1n) is 5.45. The molecule has 0 aliphatic heterocycles. The fraction of sp³-hybridized carbons (Fsp3) is 0. The van der Waals surface area contributed by atoms with Gasteiger partial charge in [-0.05, 0) is 12.1 Å². The molecule has 1 N–H and O–H groups in total. The monoisotopic (exact) mass is 383 g/mol. The summed E-state index contributed by atoms with van der Waals surface area (Å²) in [6, 6.07) is 8.25. The minimum Gasteiger partial charge on any atom is -0.464 e. The molecule has 0 aromatic heterocycles. The summed E-state index contributed by atoms with van der Waals surface area (Å²) in [5.41, 5.74) is 0.291. The predicted octanol–water partition coefficient (Wildman–Crippen LogP) is 6.77. The molecule has 0 unspecified atom stereocenters. The van der Waals surface area contributed by atoms with Gasteiger partial charge in [0.1, 0.15) is 0 Å². The lowest BCUT2D eigenvalue weighted by molar-refractivity contribution is 0.205. The summed E-state index contributed by atoms with van der Waals surface area (Å²) in [5.74, 6) is 0. The summed E-state index contributed by atoms with van der Waals surface area (Å²) >= 11 is 30.0. The minimum absolute atomic E-state index is 0.0320. The standard InChI is InChI=1S/C13H6Cl5NO2/c14-7-8(15)10(17)12(11(18)9(7)16)19(13(20)21)6-4-2-1-3-5-6/h1-5H,(H,20,21). The van der Waals surface area contributed by atoms with Crippen molar-refractivity contribution in [3.05, 3.63) is 55.4 Å². The Bertz CT molecular complexity index is 676. The number of nitrogens with zero attached hydrogens (tertiary/aromatic N) is 1. The van der Waals surface area contributed by atoms with Crippen LogP contribution in [0.5, 0.6) is 0 Å². The number of carboxylic acid groups (broad SMARTS) is 1. The van der Waals surface area contributed by atoms with Gasteiger partial charge in [-0.25, -0.2) is 9.69 Å². The molecule has 0 saturated carbocycles. The predicted molar refractivity (Wildman–Crippen MR) is 88.1 cm³/mol. The molecule has 0 fully saturated rings. The average Bonchev–Trinajstić information content (AvgIpc) is 2.48. The zero-order chi connectivity index (χ0) is 15.7. The smallest absolute Gasteiger partial charge is 0.416 e. The number of rotatable bonds is 2. The Morgan fingerprint density at radius 1 is 0.810 bits per heavy atom. The molecule has 0 aliphatic rings. The minimum atomic E-state index is -1.29. The fourth-order valence-electron chi connectivity index (χ4n) is 1.70. The molecular formula is C13H6Cl5NO2. The maximum atomic E-state index is 11.6. The highest BCUT2D eigenvalue weighted by atomic mass is 35.5. The zero-order valence-electron chi connectivity index (χ0n) is 10.1.